The van der Waals surface area contributed by atoms with Crippen molar-refractivity contribution in [1.29, 1.82) is 0 Å². The van der Waals surface area contributed by atoms with Crippen molar-refractivity contribution in [2.24, 2.45) is 11.8 Å². The van der Waals surface area contributed by atoms with E-state index in [4.69, 9.17) is 0 Å². The Balaban J connectivity index is 1.85. The van der Waals surface area contributed by atoms with Crippen LogP contribution < -0.4 is 0 Å². The lowest BCUT2D eigenvalue weighted by atomic mass is 9.71. The van der Waals surface area contributed by atoms with Crippen molar-refractivity contribution in [3.8, 4) is 0 Å². The number of para-hydroxylation sites is 1. The molecule has 4 heteroatoms. The molecule has 4 atom stereocenters. The van der Waals surface area contributed by atoms with Crippen LogP contribution in [0.25, 0.3) is 10.9 Å². The summed E-state index contributed by atoms with van der Waals surface area (Å²) in [5, 5.41) is 11.3. The lowest BCUT2D eigenvalue weighted by Gasteiger charge is -2.52. The molecule has 0 aliphatic carbocycles. The van der Waals surface area contributed by atoms with Crippen molar-refractivity contribution in [3.05, 3.63) is 35.5 Å². The van der Waals surface area contributed by atoms with Gasteiger partial charge in [0.1, 0.15) is 6.04 Å². The van der Waals surface area contributed by atoms with Crippen LogP contribution in [0.15, 0.2) is 24.3 Å². The topological polar surface area (TPSA) is 45.5 Å². The molecule has 2 bridgehead atoms. The van der Waals surface area contributed by atoms with Crippen LogP contribution in [0.3, 0.4) is 0 Å². The largest absolute Gasteiger partial charge is 0.480 e. The average Bonchev–Trinajstić information content (AvgIpc) is 2.90. The fourth-order valence-electron chi connectivity index (χ4n) is 5.53. The van der Waals surface area contributed by atoms with Crippen LogP contribution in [0, 0.1) is 11.8 Å². The number of piperidine rings is 1. The molecular formula is C19H22N2O2. The van der Waals surface area contributed by atoms with Crippen molar-refractivity contribution < 1.29 is 9.90 Å². The maximum atomic E-state index is 12.2. The van der Waals surface area contributed by atoms with Crippen molar-refractivity contribution in [1.82, 2.24) is 9.47 Å². The fraction of sp³-hybridized carbons (Fsp3) is 0.526. The quantitative estimate of drug-likeness (QED) is 0.926. The van der Waals surface area contributed by atoms with E-state index in [2.05, 4.69) is 34.6 Å². The monoisotopic (exact) mass is 310 g/mol. The summed E-state index contributed by atoms with van der Waals surface area (Å²) < 4.78 is 2.19. The molecule has 0 spiro atoms. The summed E-state index contributed by atoms with van der Waals surface area (Å²) >= 11 is 0. The number of fused-ring (bicyclic) bond motifs is 4. The molecule has 120 valence electrons. The van der Waals surface area contributed by atoms with Gasteiger partial charge in [-0.1, -0.05) is 31.5 Å². The van der Waals surface area contributed by atoms with Crippen LogP contribution in [-0.4, -0.2) is 33.6 Å². The number of hydrogen-bond acceptors (Lipinski definition) is 2. The third-order valence-electron chi connectivity index (χ3n) is 6.49. The molecule has 1 aromatic carbocycles. The highest BCUT2D eigenvalue weighted by molar-refractivity contribution is 5.88. The summed E-state index contributed by atoms with van der Waals surface area (Å²) in [6.07, 6.45) is 3.13. The molecule has 0 radical (unpaired) electrons. The van der Waals surface area contributed by atoms with E-state index in [-0.39, 0.29) is 5.92 Å². The Hall–Kier alpha value is -1.81. The van der Waals surface area contributed by atoms with Crippen molar-refractivity contribution >= 4 is 16.9 Å². The van der Waals surface area contributed by atoms with Gasteiger partial charge in [-0.25, -0.2) is 4.79 Å². The maximum Gasteiger partial charge on any atom is 0.326 e. The molecule has 1 N–H and O–H groups in total. The molecule has 3 aliphatic heterocycles. The molecule has 0 amide bonds. The molecule has 1 saturated heterocycles. The van der Waals surface area contributed by atoms with E-state index >= 15 is 0 Å². The molecule has 1 fully saturated rings. The molecule has 23 heavy (non-hydrogen) atoms. The Morgan fingerprint density at radius 3 is 2.96 bits per heavy atom. The van der Waals surface area contributed by atoms with Gasteiger partial charge in [0.15, 0.2) is 0 Å². The molecule has 5 rings (SSSR count). The van der Waals surface area contributed by atoms with Crippen LogP contribution in [0.1, 0.15) is 43.1 Å². The van der Waals surface area contributed by atoms with E-state index in [9.17, 15) is 9.90 Å². The van der Waals surface area contributed by atoms with Crippen LogP contribution in [0.2, 0.25) is 0 Å². The number of rotatable bonds is 2. The highest BCUT2D eigenvalue weighted by atomic mass is 16.4. The zero-order chi connectivity index (χ0) is 15.7. The Morgan fingerprint density at radius 2 is 2.17 bits per heavy atom. The van der Waals surface area contributed by atoms with Gasteiger partial charge in [0.2, 0.25) is 0 Å². The second-order valence-corrected chi connectivity index (χ2v) is 7.36. The van der Waals surface area contributed by atoms with E-state index < -0.39 is 12.0 Å². The highest BCUT2D eigenvalue weighted by Gasteiger charge is 2.50. The van der Waals surface area contributed by atoms with E-state index in [1.807, 2.05) is 6.07 Å². The summed E-state index contributed by atoms with van der Waals surface area (Å²) in [5.41, 5.74) is 3.83. The second-order valence-electron chi connectivity index (χ2n) is 7.36. The van der Waals surface area contributed by atoms with E-state index in [0.717, 1.165) is 37.9 Å². The number of benzene rings is 1. The normalized spacial score (nSPS) is 32.2. The first-order chi connectivity index (χ1) is 11.2. The predicted octanol–water partition coefficient (Wildman–Crippen LogP) is 3.23. The summed E-state index contributed by atoms with van der Waals surface area (Å²) in [5.74, 6) is 0.0886. The smallest absolute Gasteiger partial charge is 0.326 e. The van der Waals surface area contributed by atoms with Crippen LogP contribution >= 0.6 is 0 Å². The Labute approximate surface area is 135 Å². The minimum atomic E-state index is -0.658. The molecule has 0 saturated carbocycles. The van der Waals surface area contributed by atoms with Gasteiger partial charge in [0, 0.05) is 29.7 Å². The number of aliphatic carboxylic acids is 1. The number of carboxylic acids is 1. The maximum absolute atomic E-state index is 12.2. The number of hydrogen-bond donors (Lipinski definition) is 1. The number of aromatic nitrogens is 1. The van der Waals surface area contributed by atoms with Crippen molar-refractivity contribution in [2.75, 3.05) is 13.1 Å². The molecule has 4 nitrogen and oxygen atoms in total. The molecule has 2 aromatic rings. The fourth-order valence-corrected chi connectivity index (χ4v) is 5.53. The van der Waals surface area contributed by atoms with E-state index in [1.165, 1.54) is 16.6 Å². The second kappa shape index (κ2) is 4.60. The van der Waals surface area contributed by atoms with E-state index in [0.29, 0.717) is 12.0 Å². The van der Waals surface area contributed by atoms with Crippen LogP contribution in [-0.2, 0) is 11.2 Å². The SMILES string of the molecule is CC[C@H]1CN2CCc3c4n(c5ccccc35)C(C(=O)O)[C@H]1C[C@@H]42. The highest BCUT2D eigenvalue weighted by Crippen LogP contribution is 2.53. The van der Waals surface area contributed by atoms with Crippen molar-refractivity contribution in [3.63, 3.8) is 0 Å². The Kier molecular flexibility index (Phi) is 2.72. The predicted molar refractivity (Wildman–Crippen MR) is 88.5 cm³/mol. The zero-order valence-electron chi connectivity index (χ0n) is 13.4. The standard InChI is InChI=1S/C19H22N2O2/c1-2-11-10-20-8-7-13-12-5-3-4-6-15(12)21-17(13)16(20)9-14(11)18(21)19(22)23/h3-6,11,14,16,18H,2,7-10H2,1H3,(H,22,23)/t11-,14-,16-,18?/m0/s1. The molecule has 1 unspecified atom stereocenters. The van der Waals surface area contributed by atoms with Crippen molar-refractivity contribution in [2.45, 2.75) is 38.3 Å². The van der Waals surface area contributed by atoms with Gasteiger partial charge in [-0.2, -0.15) is 0 Å². The third kappa shape index (κ3) is 1.62. The Bertz CT molecular complexity index is 809. The van der Waals surface area contributed by atoms with Gasteiger partial charge < -0.3 is 9.67 Å². The van der Waals surface area contributed by atoms with Gasteiger partial charge in [-0.3, -0.25) is 4.90 Å². The van der Waals surface area contributed by atoms with Gasteiger partial charge in [0.25, 0.3) is 0 Å². The Morgan fingerprint density at radius 1 is 1.35 bits per heavy atom. The minimum absolute atomic E-state index is 0.257. The molecule has 3 aliphatic rings. The van der Waals surface area contributed by atoms with Crippen LogP contribution in [0.4, 0.5) is 0 Å². The first-order valence-electron chi connectivity index (χ1n) is 8.79. The minimum Gasteiger partial charge on any atom is -0.480 e. The summed E-state index contributed by atoms with van der Waals surface area (Å²) in [7, 11) is 0. The molecule has 1 aromatic heterocycles. The van der Waals surface area contributed by atoms with E-state index in [1.54, 1.807) is 0 Å². The third-order valence-corrected chi connectivity index (χ3v) is 6.49. The van der Waals surface area contributed by atoms with Gasteiger partial charge in [0.05, 0.1) is 6.04 Å². The average molecular weight is 310 g/mol. The van der Waals surface area contributed by atoms with Crippen LogP contribution in [0.5, 0.6) is 0 Å². The van der Waals surface area contributed by atoms with Gasteiger partial charge in [-0.15, -0.1) is 0 Å². The lowest BCUT2D eigenvalue weighted by Crippen LogP contribution is -2.53. The number of nitrogens with zero attached hydrogens (tertiary/aromatic N) is 2. The lowest BCUT2D eigenvalue weighted by molar-refractivity contribution is -0.146. The van der Waals surface area contributed by atoms with Gasteiger partial charge in [-0.05, 0) is 36.3 Å². The zero-order valence-corrected chi connectivity index (χ0v) is 13.4. The first-order valence-corrected chi connectivity index (χ1v) is 8.79. The number of carbonyl (C=O) groups is 1. The summed E-state index contributed by atoms with van der Waals surface area (Å²) in [6, 6.07) is 8.42. The summed E-state index contributed by atoms with van der Waals surface area (Å²) in [4.78, 5) is 14.8. The molecular weight excluding hydrogens is 288 g/mol. The van der Waals surface area contributed by atoms with Gasteiger partial charge >= 0.3 is 5.97 Å². The molecule has 4 heterocycles. The summed E-state index contributed by atoms with van der Waals surface area (Å²) in [6.45, 7) is 4.39. The first kappa shape index (κ1) is 13.6. The number of carboxylic acid groups (broad SMARTS) is 1.